The van der Waals surface area contributed by atoms with Crippen LogP contribution in [0.1, 0.15) is 23.1 Å². The van der Waals surface area contributed by atoms with Crippen LogP contribution >= 0.6 is 0 Å². The Hall–Kier alpha value is -2.70. The number of hydrogen-bond acceptors (Lipinski definition) is 4. The van der Waals surface area contributed by atoms with Crippen molar-refractivity contribution in [2.75, 3.05) is 5.32 Å². The Labute approximate surface area is 109 Å². The molecule has 1 aromatic heterocycles. The number of carbonyl (C=O) groups excluding carboxylic acids is 2. The van der Waals surface area contributed by atoms with Gasteiger partial charge in [0, 0.05) is 11.3 Å². The highest BCUT2D eigenvalue weighted by Gasteiger charge is 2.05. The standard InChI is InChI=1S/C12H13N5O2/c1-8(18)9-3-2-4-10(5-9)16-12(19)13-6-11-14-7-15-17-11/h2-5,7H,6H2,1H3,(H2,13,16,19)(H,14,15,17). The second-order valence-corrected chi connectivity index (χ2v) is 3.88. The molecule has 0 saturated carbocycles. The summed E-state index contributed by atoms with van der Waals surface area (Å²) < 4.78 is 0. The summed E-state index contributed by atoms with van der Waals surface area (Å²) in [4.78, 5) is 26.7. The van der Waals surface area contributed by atoms with Gasteiger partial charge in [0.2, 0.25) is 0 Å². The smallest absolute Gasteiger partial charge is 0.319 e. The van der Waals surface area contributed by atoms with Gasteiger partial charge in [0.1, 0.15) is 12.2 Å². The van der Waals surface area contributed by atoms with E-state index < -0.39 is 0 Å². The molecule has 0 bridgehead atoms. The molecule has 3 N–H and O–H groups in total. The highest BCUT2D eigenvalue weighted by molar-refractivity contribution is 5.96. The topological polar surface area (TPSA) is 99.8 Å². The number of benzene rings is 1. The maximum absolute atomic E-state index is 11.6. The molecule has 0 aliphatic carbocycles. The van der Waals surface area contributed by atoms with Crippen LogP contribution in [0.15, 0.2) is 30.6 Å². The van der Waals surface area contributed by atoms with Crippen molar-refractivity contribution in [3.05, 3.63) is 42.0 Å². The third-order valence-corrected chi connectivity index (χ3v) is 2.41. The van der Waals surface area contributed by atoms with Gasteiger partial charge in [-0.25, -0.2) is 9.78 Å². The molecule has 0 saturated heterocycles. The number of Topliss-reactive ketones (excluding diaryl/α,β-unsaturated/α-hetero) is 1. The first-order chi connectivity index (χ1) is 9.15. The van der Waals surface area contributed by atoms with Crippen molar-refractivity contribution in [3.8, 4) is 0 Å². The molecule has 2 aromatic rings. The number of aromatic nitrogens is 3. The minimum Gasteiger partial charge on any atom is -0.331 e. The van der Waals surface area contributed by atoms with Gasteiger partial charge in [-0.1, -0.05) is 12.1 Å². The fourth-order valence-corrected chi connectivity index (χ4v) is 1.47. The molecule has 7 heteroatoms. The van der Waals surface area contributed by atoms with Crippen LogP contribution in [0.2, 0.25) is 0 Å². The van der Waals surface area contributed by atoms with E-state index in [4.69, 9.17) is 0 Å². The van der Waals surface area contributed by atoms with Crippen LogP contribution in [0.25, 0.3) is 0 Å². The van der Waals surface area contributed by atoms with Crippen molar-refractivity contribution < 1.29 is 9.59 Å². The molecule has 1 aromatic carbocycles. The van der Waals surface area contributed by atoms with Crippen LogP contribution in [0.5, 0.6) is 0 Å². The van der Waals surface area contributed by atoms with E-state index in [0.717, 1.165) is 0 Å². The Morgan fingerprint density at radius 3 is 2.89 bits per heavy atom. The lowest BCUT2D eigenvalue weighted by molar-refractivity contribution is 0.101. The van der Waals surface area contributed by atoms with E-state index in [-0.39, 0.29) is 18.4 Å². The first-order valence-corrected chi connectivity index (χ1v) is 5.65. The Morgan fingerprint density at radius 2 is 2.21 bits per heavy atom. The normalized spacial score (nSPS) is 9.95. The SMILES string of the molecule is CC(=O)c1cccc(NC(=O)NCc2ncn[nH]2)c1. The van der Waals surface area contributed by atoms with E-state index in [0.29, 0.717) is 17.1 Å². The Morgan fingerprint density at radius 1 is 1.37 bits per heavy atom. The fraction of sp³-hybridized carbons (Fsp3) is 0.167. The number of urea groups is 1. The van der Waals surface area contributed by atoms with E-state index in [1.807, 2.05) is 0 Å². The van der Waals surface area contributed by atoms with Crippen LogP contribution in [0, 0.1) is 0 Å². The van der Waals surface area contributed by atoms with Crippen molar-refractivity contribution in [1.82, 2.24) is 20.5 Å². The van der Waals surface area contributed by atoms with Gasteiger partial charge in [0.05, 0.1) is 6.54 Å². The number of anilines is 1. The number of nitrogens with one attached hydrogen (secondary N) is 3. The van der Waals surface area contributed by atoms with E-state index in [1.165, 1.54) is 13.3 Å². The van der Waals surface area contributed by atoms with Crippen molar-refractivity contribution in [2.24, 2.45) is 0 Å². The minimum absolute atomic E-state index is 0.0503. The average Bonchev–Trinajstić information content (AvgIpc) is 2.90. The molecular weight excluding hydrogens is 246 g/mol. The van der Waals surface area contributed by atoms with Crippen LogP contribution in [-0.4, -0.2) is 27.0 Å². The van der Waals surface area contributed by atoms with Gasteiger partial charge in [0.15, 0.2) is 5.78 Å². The van der Waals surface area contributed by atoms with Crippen molar-refractivity contribution >= 4 is 17.5 Å². The van der Waals surface area contributed by atoms with Gasteiger partial charge >= 0.3 is 6.03 Å². The number of H-pyrrole nitrogens is 1. The number of nitrogens with zero attached hydrogens (tertiary/aromatic N) is 2. The predicted octanol–water partition coefficient (Wildman–Crippen LogP) is 1.33. The quantitative estimate of drug-likeness (QED) is 0.721. The molecule has 0 fully saturated rings. The van der Waals surface area contributed by atoms with Gasteiger partial charge in [-0.05, 0) is 19.1 Å². The number of aromatic amines is 1. The molecular formula is C12H13N5O2. The molecule has 0 unspecified atom stereocenters. The summed E-state index contributed by atoms with van der Waals surface area (Å²) in [5.41, 5.74) is 1.11. The molecule has 0 radical (unpaired) electrons. The Bertz CT molecular complexity index is 580. The molecule has 2 rings (SSSR count). The Balaban J connectivity index is 1.91. The van der Waals surface area contributed by atoms with Gasteiger partial charge in [-0.2, -0.15) is 5.10 Å². The first kappa shape index (κ1) is 12.7. The van der Waals surface area contributed by atoms with Crippen LogP contribution < -0.4 is 10.6 Å². The molecule has 0 aliphatic heterocycles. The van der Waals surface area contributed by atoms with Gasteiger partial charge in [-0.3, -0.25) is 9.89 Å². The van der Waals surface area contributed by atoms with E-state index >= 15 is 0 Å². The van der Waals surface area contributed by atoms with Gasteiger partial charge < -0.3 is 10.6 Å². The zero-order valence-corrected chi connectivity index (χ0v) is 10.3. The first-order valence-electron chi connectivity index (χ1n) is 5.65. The number of hydrogen-bond donors (Lipinski definition) is 3. The lowest BCUT2D eigenvalue weighted by atomic mass is 10.1. The molecule has 7 nitrogen and oxygen atoms in total. The molecule has 2 amide bonds. The number of rotatable bonds is 4. The maximum Gasteiger partial charge on any atom is 0.319 e. The third-order valence-electron chi connectivity index (χ3n) is 2.41. The summed E-state index contributed by atoms with van der Waals surface area (Å²) in [7, 11) is 0. The number of carbonyl (C=O) groups is 2. The van der Waals surface area contributed by atoms with Crippen LogP contribution in [0.4, 0.5) is 10.5 Å². The highest BCUT2D eigenvalue weighted by atomic mass is 16.2. The average molecular weight is 259 g/mol. The molecule has 0 spiro atoms. The summed E-state index contributed by atoms with van der Waals surface area (Å²) in [6.07, 6.45) is 1.37. The van der Waals surface area contributed by atoms with Crippen molar-refractivity contribution in [2.45, 2.75) is 13.5 Å². The van der Waals surface area contributed by atoms with E-state index in [9.17, 15) is 9.59 Å². The summed E-state index contributed by atoms with van der Waals surface area (Å²) in [6.45, 7) is 1.72. The van der Waals surface area contributed by atoms with Crippen LogP contribution in [-0.2, 0) is 6.54 Å². The summed E-state index contributed by atoms with van der Waals surface area (Å²) in [5, 5.41) is 11.6. The lowest BCUT2D eigenvalue weighted by Gasteiger charge is -2.07. The number of amides is 2. The maximum atomic E-state index is 11.6. The van der Waals surface area contributed by atoms with E-state index in [1.54, 1.807) is 24.3 Å². The van der Waals surface area contributed by atoms with Crippen molar-refractivity contribution in [1.29, 1.82) is 0 Å². The number of ketones is 1. The largest absolute Gasteiger partial charge is 0.331 e. The second kappa shape index (κ2) is 5.76. The van der Waals surface area contributed by atoms with Crippen molar-refractivity contribution in [3.63, 3.8) is 0 Å². The van der Waals surface area contributed by atoms with Crippen LogP contribution in [0.3, 0.4) is 0 Å². The monoisotopic (exact) mass is 259 g/mol. The highest BCUT2D eigenvalue weighted by Crippen LogP contribution is 2.10. The summed E-state index contributed by atoms with van der Waals surface area (Å²) in [5.74, 6) is 0.512. The molecule has 98 valence electrons. The van der Waals surface area contributed by atoms with Gasteiger partial charge in [0.25, 0.3) is 0 Å². The Kier molecular flexibility index (Phi) is 3.87. The summed E-state index contributed by atoms with van der Waals surface area (Å²) >= 11 is 0. The second-order valence-electron chi connectivity index (χ2n) is 3.88. The third kappa shape index (κ3) is 3.63. The zero-order valence-electron chi connectivity index (χ0n) is 10.3. The molecule has 19 heavy (non-hydrogen) atoms. The fourth-order valence-electron chi connectivity index (χ4n) is 1.47. The zero-order chi connectivity index (χ0) is 13.7. The minimum atomic E-state index is -0.378. The van der Waals surface area contributed by atoms with E-state index in [2.05, 4.69) is 25.8 Å². The predicted molar refractivity (Wildman–Crippen MR) is 68.7 cm³/mol. The molecule has 0 atom stereocenters. The lowest BCUT2D eigenvalue weighted by Crippen LogP contribution is -2.28. The summed E-state index contributed by atoms with van der Waals surface area (Å²) in [6, 6.07) is 6.36. The molecule has 1 heterocycles. The molecule has 0 aliphatic rings. The van der Waals surface area contributed by atoms with Gasteiger partial charge in [-0.15, -0.1) is 0 Å².